The summed E-state index contributed by atoms with van der Waals surface area (Å²) in [6, 6.07) is 1.73. The molecule has 92 valence electrons. The van der Waals surface area contributed by atoms with Gasteiger partial charge < -0.3 is 11.1 Å². The summed E-state index contributed by atoms with van der Waals surface area (Å²) in [5.74, 6) is 3.88. The highest BCUT2D eigenvalue weighted by molar-refractivity contribution is 7.99. The highest BCUT2D eigenvalue weighted by Gasteiger charge is 2.13. The summed E-state index contributed by atoms with van der Waals surface area (Å²) in [6.45, 7) is 0.932. The number of hydrogen-bond donors (Lipinski definition) is 2. The molecule has 0 aliphatic carbocycles. The number of nitrogens with one attached hydrogen (secondary N) is 1. The fraction of sp³-hybridized carbons (Fsp3) is 0.545. The molecule has 1 aromatic heterocycles. The average molecular weight is 268 g/mol. The van der Waals surface area contributed by atoms with Crippen molar-refractivity contribution >= 4 is 34.9 Å². The van der Waals surface area contributed by atoms with Crippen LogP contribution in [-0.2, 0) is 0 Å². The molecule has 0 unspecified atom stereocenters. The predicted molar refractivity (Wildman–Crippen MR) is 76.5 cm³/mol. The minimum absolute atomic E-state index is 0.310. The Balaban J connectivity index is 1.89. The predicted octanol–water partition coefficient (Wildman–Crippen LogP) is 1.67. The zero-order valence-electron chi connectivity index (χ0n) is 9.56. The van der Waals surface area contributed by atoms with Crippen molar-refractivity contribution in [3.05, 3.63) is 18.0 Å². The van der Waals surface area contributed by atoms with Crippen molar-refractivity contribution in [2.45, 2.75) is 12.8 Å². The molecule has 2 heterocycles. The first-order valence-electron chi connectivity index (χ1n) is 5.70. The number of hydrogen-bond acceptors (Lipinski definition) is 5. The fourth-order valence-electron chi connectivity index (χ4n) is 1.77. The molecule has 0 atom stereocenters. The van der Waals surface area contributed by atoms with Gasteiger partial charge in [0, 0.05) is 12.7 Å². The standard InChI is InChI=1S/C11H16N4S2/c12-10(16)9-1-4-13-11(15-9)14-7-8-2-5-17-6-3-8/h1,4,8H,2-3,5-7H2,(H2,12,16)(H,13,14,15). The molecule has 1 aliphatic heterocycles. The number of aromatic nitrogens is 2. The Hall–Kier alpha value is -0.880. The first-order chi connectivity index (χ1) is 8.25. The second kappa shape index (κ2) is 6.16. The van der Waals surface area contributed by atoms with E-state index in [9.17, 15) is 0 Å². The van der Waals surface area contributed by atoms with Crippen molar-refractivity contribution in [1.29, 1.82) is 0 Å². The number of anilines is 1. The molecule has 0 aromatic carbocycles. The molecule has 17 heavy (non-hydrogen) atoms. The fourth-order valence-corrected chi connectivity index (χ4v) is 3.09. The number of thioether (sulfide) groups is 1. The van der Waals surface area contributed by atoms with Gasteiger partial charge in [0.1, 0.15) is 10.7 Å². The lowest BCUT2D eigenvalue weighted by Crippen LogP contribution is -2.21. The Kier molecular flexibility index (Phi) is 4.56. The van der Waals surface area contributed by atoms with Crippen molar-refractivity contribution in [3.8, 4) is 0 Å². The van der Waals surface area contributed by atoms with Gasteiger partial charge >= 0.3 is 0 Å². The second-order valence-electron chi connectivity index (χ2n) is 4.07. The van der Waals surface area contributed by atoms with Crippen LogP contribution in [0, 0.1) is 5.92 Å². The Morgan fingerprint density at radius 2 is 2.29 bits per heavy atom. The summed E-state index contributed by atoms with van der Waals surface area (Å²) in [5, 5.41) is 3.26. The lowest BCUT2D eigenvalue weighted by atomic mass is 10.0. The molecular formula is C11H16N4S2. The van der Waals surface area contributed by atoms with Gasteiger partial charge in [0.05, 0.1) is 0 Å². The van der Waals surface area contributed by atoms with E-state index in [1.807, 2.05) is 11.8 Å². The molecule has 2 rings (SSSR count). The van der Waals surface area contributed by atoms with E-state index in [2.05, 4.69) is 15.3 Å². The highest BCUT2D eigenvalue weighted by Crippen LogP contribution is 2.22. The molecule has 1 aromatic rings. The van der Waals surface area contributed by atoms with Gasteiger partial charge in [-0.05, 0) is 36.3 Å². The van der Waals surface area contributed by atoms with Gasteiger partial charge in [0.25, 0.3) is 0 Å². The van der Waals surface area contributed by atoms with Crippen LogP contribution >= 0.6 is 24.0 Å². The molecule has 1 fully saturated rings. The second-order valence-corrected chi connectivity index (χ2v) is 5.73. The molecular weight excluding hydrogens is 252 g/mol. The minimum Gasteiger partial charge on any atom is -0.388 e. The van der Waals surface area contributed by atoms with E-state index in [1.165, 1.54) is 24.3 Å². The van der Waals surface area contributed by atoms with E-state index in [4.69, 9.17) is 18.0 Å². The minimum atomic E-state index is 0.310. The summed E-state index contributed by atoms with van der Waals surface area (Å²) in [4.78, 5) is 8.74. The van der Waals surface area contributed by atoms with Gasteiger partial charge in [-0.25, -0.2) is 9.97 Å². The Morgan fingerprint density at radius 3 is 3.00 bits per heavy atom. The van der Waals surface area contributed by atoms with E-state index in [0.29, 0.717) is 16.6 Å². The molecule has 0 spiro atoms. The van der Waals surface area contributed by atoms with Gasteiger partial charge in [-0.1, -0.05) is 12.2 Å². The van der Waals surface area contributed by atoms with Crippen LogP contribution in [0.1, 0.15) is 18.5 Å². The molecule has 3 N–H and O–H groups in total. The molecule has 0 radical (unpaired) electrons. The maximum absolute atomic E-state index is 5.53. The first-order valence-corrected chi connectivity index (χ1v) is 7.26. The molecule has 0 bridgehead atoms. The van der Waals surface area contributed by atoms with Gasteiger partial charge in [0.2, 0.25) is 5.95 Å². The Morgan fingerprint density at radius 1 is 1.53 bits per heavy atom. The lowest BCUT2D eigenvalue weighted by Gasteiger charge is -2.21. The molecule has 1 aliphatic rings. The molecule has 0 amide bonds. The molecule has 0 saturated carbocycles. The van der Waals surface area contributed by atoms with Crippen LogP contribution < -0.4 is 11.1 Å². The van der Waals surface area contributed by atoms with Crippen LogP contribution in [0.5, 0.6) is 0 Å². The Bertz CT molecular complexity index is 391. The first kappa shape index (κ1) is 12.6. The Labute approximate surface area is 111 Å². The van der Waals surface area contributed by atoms with Crippen LogP contribution in [0.4, 0.5) is 5.95 Å². The topological polar surface area (TPSA) is 63.8 Å². The van der Waals surface area contributed by atoms with Crippen LogP contribution in [0.15, 0.2) is 12.3 Å². The van der Waals surface area contributed by atoms with Crippen LogP contribution in [0.2, 0.25) is 0 Å². The average Bonchev–Trinajstić information content (AvgIpc) is 2.38. The molecule has 6 heteroatoms. The highest BCUT2D eigenvalue weighted by atomic mass is 32.2. The molecule has 4 nitrogen and oxygen atoms in total. The number of nitrogens with zero attached hydrogens (tertiary/aromatic N) is 2. The monoisotopic (exact) mass is 268 g/mol. The normalized spacial score (nSPS) is 16.7. The maximum Gasteiger partial charge on any atom is 0.223 e. The van der Waals surface area contributed by atoms with E-state index in [0.717, 1.165) is 12.5 Å². The smallest absolute Gasteiger partial charge is 0.223 e. The number of rotatable bonds is 4. The largest absolute Gasteiger partial charge is 0.388 e. The van der Waals surface area contributed by atoms with Gasteiger partial charge in [0.15, 0.2) is 0 Å². The van der Waals surface area contributed by atoms with Crippen LogP contribution in [0.3, 0.4) is 0 Å². The van der Waals surface area contributed by atoms with Gasteiger partial charge in [-0.2, -0.15) is 11.8 Å². The summed E-state index contributed by atoms with van der Waals surface area (Å²) in [6.07, 6.45) is 4.22. The third-order valence-electron chi connectivity index (χ3n) is 2.80. The third-order valence-corrected chi connectivity index (χ3v) is 4.06. The van der Waals surface area contributed by atoms with E-state index >= 15 is 0 Å². The van der Waals surface area contributed by atoms with E-state index < -0.39 is 0 Å². The van der Waals surface area contributed by atoms with Gasteiger partial charge in [-0.3, -0.25) is 0 Å². The number of thiocarbonyl (C=S) groups is 1. The lowest BCUT2D eigenvalue weighted by molar-refractivity contribution is 0.514. The van der Waals surface area contributed by atoms with Crippen molar-refractivity contribution in [1.82, 2.24) is 9.97 Å². The van der Waals surface area contributed by atoms with Crippen molar-refractivity contribution in [2.75, 3.05) is 23.4 Å². The van der Waals surface area contributed by atoms with Crippen molar-refractivity contribution < 1.29 is 0 Å². The van der Waals surface area contributed by atoms with Gasteiger partial charge in [-0.15, -0.1) is 0 Å². The third kappa shape index (κ3) is 3.81. The summed E-state index contributed by atoms with van der Waals surface area (Å²) < 4.78 is 0. The summed E-state index contributed by atoms with van der Waals surface area (Å²) in [7, 11) is 0. The summed E-state index contributed by atoms with van der Waals surface area (Å²) in [5.41, 5.74) is 6.15. The maximum atomic E-state index is 5.53. The zero-order valence-corrected chi connectivity index (χ0v) is 11.2. The summed E-state index contributed by atoms with van der Waals surface area (Å²) >= 11 is 6.92. The van der Waals surface area contributed by atoms with Crippen molar-refractivity contribution in [3.63, 3.8) is 0 Å². The van der Waals surface area contributed by atoms with E-state index in [-0.39, 0.29) is 0 Å². The quantitative estimate of drug-likeness (QED) is 0.810. The van der Waals surface area contributed by atoms with E-state index in [1.54, 1.807) is 12.3 Å². The SMILES string of the molecule is NC(=S)c1ccnc(NCC2CCSCC2)n1. The van der Waals surface area contributed by atoms with Crippen LogP contribution in [-0.4, -0.2) is 33.0 Å². The number of nitrogens with two attached hydrogens (primary N) is 1. The zero-order chi connectivity index (χ0) is 12.1. The van der Waals surface area contributed by atoms with Crippen LogP contribution in [0.25, 0.3) is 0 Å². The van der Waals surface area contributed by atoms with Crippen molar-refractivity contribution in [2.24, 2.45) is 11.7 Å². The molecule has 1 saturated heterocycles.